The number of nitrogens with one attached hydrogen (secondary N) is 2. The molecule has 1 aromatic carbocycles. The highest BCUT2D eigenvalue weighted by molar-refractivity contribution is 5.91. The van der Waals surface area contributed by atoms with Gasteiger partial charge in [0.25, 0.3) is 0 Å². The summed E-state index contributed by atoms with van der Waals surface area (Å²) in [5.74, 6) is 2.39. The third kappa shape index (κ3) is 3.85. The molecule has 0 atom stereocenters. The van der Waals surface area contributed by atoms with Gasteiger partial charge in [-0.15, -0.1) is 10.2 Å². The maximum absolute atomic E-state index is 12.2. The van der Waals surface area contributed by atoms with Crippen LogP contribution in [-0.2, 0) is 9.53 Å². The lowest BCUT2D eigenvalue weighted by Crippen LogP contribution is -2.28. The van der Waals surface area contributed by atoms with Crippen LogP contribution in [0.5, 0.6) is 11.5 Å². The van der Waals surface area contributed by atoms with Gasteiger partial charge < -0.3 is 24.8 Å². The third-order valence-electron chi connectivity index (χ3n) is 4.32. The summed E-state index contributed by atoms with van der Waals surface area (Å²) >= 11 is 0. The van der Waals surface area contributed by atoms with Gasteiger partial charge in [0, 0.05) is 30.9 Å². The zero-order valence-corrected chi connectivity index (χ0v) is 14.2. The molecule has 1 saturated heterocycles. The lowest BCUT2D eigenvalue weighted by Gasteiger charge is -2.20. The second-order valence-corrected chi connectivity index (χ2v) is 6.16. The number of hydrogen-bond acceptors (Lipinski definition) is 7. The second-order valence-electron chi connectivity index (χ2n) is 6.16. The molecular weight excluding hydrogens is 336 g/mol. The molecule has 1 aromatic heterocycles. The van der Waals surface area contributed by atoms with E-state index in [2.05, 4.69) is 20.8 Å². The lowest BCUT2D eigenvalue weighted by molar-refractivity contribution is -0.122. The number of anilines is 3. The number of rotatable bonds is 4. The summed E-state index contributed by atoms with van der Waals surface area (Å²) in [6.45, 7) is 2.36. The number of fused-ring (bicyclic) bond motifs is 1. The van der Waals surface area contributed by atoms with Crippen molar-refractivity contribution < 1.29 is 19.0 Å². The molecule has 0 unspecified atom stereocenters. The minimum absolute atomic E-state index is 0.0268. The molecule has 4 rings (SSSR count). The fourth-order valence-corrected chi connectivity index (χ4v) is 2.92. The van der Waals surface area contributed by atoms with Gasteiger partial charge in [-0.25, -0.2) is 0 Å². The van der Waals surface area contributed by atoms with Crippen LogP contribution >= 0.6 is 0 Å². The smallest absolute Gasteiger partial charge is 0.228 e. The van der Waals surface area contributed by atoms with Crippen LogP contribution in [-0.4, -0.2) is 42.5 Å². The molecule has 136 valence electrons. The van der Waals surface area contributed by atoms with Crippen molar-refractivity contribution in [2.24, 2.45) is 5.92 Å². The zero-order chi connectivity index (χ0) is 17.8. The lowest BCUT2D eigenvalue weighted by atomic mass is 9.99. The average Bonchev–Trinajstić information content (AvgIpc) is 2.70. The second kappa shape index (κ2) is 7.57. The van der Waals surface area contributed by atoms with Crippen molar-refractivity contribution in [2.45, 2.75) is 12.8 Å². The predicted molar refractivity (Wildman–Crippen MR) is 94.9 cm³/mol. The molecule has 3 heterocycles. The first kappa shape index (κ1) is 16.6. The minimum atomic E-state index is -0.0323. The van der Waals surface area contributed by atoms with Gasteiger partial charge in [-0.05, 0) is 37.1 Å². The van der Waals surface area contributed by atoms with Crippen LogP contribution in [0.3, 0.4) is 0 Å². The average molecular weight is 356 g/mol. The van der Waals surface area contributed by atoms with Crippen LogP contribution in [0.15, 0.2) is 30.3 Å². The van der Waals surface area contributed by atoms with Crippen LogP contribution < -0.4 is 20.1 Å². The van der Waals surface area contributed by atoms with E-state index >= 15 is 0 Å². The predicted octanol–water partition coefficient (Wildman–Crippen LogP) is 2.36. The maximum Gasteiger partial charge on any atom is 0.228 e. The fraction of sp³-hybridized carbons (Fsp3) is 0.389. The highest BCUT2D eigenvalue weighted by Crippen LogP contribution is 2.33. The quantitative estimate of drug-likeness (QED) is 0.868. The summed E-state index contributed by atoms with van der Waals surface area (Å²) in [7, 11) is 0. The van der Waals surface area contributed by atoms with Crippen LogP contribution in [0.1, 0.15) is 12.8 Å². The normalized spacial score (nSPS) is 16.8. The Kier molecular flexibility index (Phi) is 4.83. The molecule has 2 aliphatic heterocycles. The van der Waals surface area contributed by atoms with Crippen molar-refractivity contribution in [3.63, 3.8) is 0 Å². The Labute approximate surface area is 150 Å². The van der Waals surface area contributed by atoms with E-state index in [1.807, 2.05) is 18.2 Å². The van der Waals surface area contributed by atoms with Gasteiger partial charge in [-0.1, -0.05) is 0 Å². The number of hydrogen-bond donors (Lipinski definition) is 2. The number of aromatic nitrogens is 2. The molecule has 0 spiro atoms. The van der Waals surface area contributed by atoms with Gasteiger partial charge in [0.15, 0.2) is 23.1 Å². The van der Waals surface area contributed by atoms with Crippen molar-refractivity contribution in [2.75, 3.05) is 37.1 Å². The van der Waals surface area contributed by atoms with E-state index in [4.69, 9.17) is 14.2 Å². The van der Waals surface area contributed by atoms with Crippen molar-refractivity contribution >= 4 is 23.2 Å². The topological polar surface area (TPSA) is 94.6 Å². The summed E-state index contributed by atoms with van der Waals surface area (Å²) < 4.78 is 16.3. The molecular formula is C18H20N4O4. The number of benzene rings is 1. The number of amides is 1. The standard InChI is InChI=1S/C18H20N4O4/c23-18(12-5-7-24-8-6-12)20-17-4-3-16(21-22-17)19-13-1-2-14-15(11-13)26-10-9-25-14/h1-4,11-12H,5-10H2,(H,19,21)(H,20,22,23). The first-order valence-electron chi connectivity index (χ1n) is 8.67. The molecule has 2 N–H and O–H groups in total. The van der Waals surface area contributed by atoms with Crippen molar-refractivity contribution in [1.29, 1.82) is 0 Å². The molecule has 2 aromatic rings. The summed E-state index contributed by atoms with van der Waals surface area (Å²) in [5, 5.41) is 14.1. The van der Waals surface area contributed by atoms with E-state index in [0.717, 1.165) is 24.3 Å². The Morgan fingerprint density at radius 3 is 2.42 bits per heavy atom. The number of nitrogens with zero attached hydrogens (tertiary/aromatic N) is 2. The van der Waals surface area contributed by atoms with E-state index in [1.54, 1.807) is 12.1 Å². The van der Waals surface area contributed by atoms with Crippen LogP contribution in [0.25, 0.3) is 0 Å². The number of carbonyl (C=O) groups is 1. The Hall–Kier alpha value is -2.87. The fourth-order valence-electron chi connectivity index (χ4n) is 2.92. The van der Waals surface area contributed by atoms with Gasteiger partial charge in [0.1, 0.15) is 13.2 Å². The molecule has 8 heteroatoms. The molecule has 26 heavy (non-hydrogen) atoms. The number of carbonyl (C=O) groups excluding carboxylic acids is 1. The first-order valence-corrected chi connectivity index (χ1v) is 8.67. The Morgan fingerprint density at radius 2 is 1.65 bits per heavy atom. The molecule has 0 aliphatic carbocycles. The highest BCUT2D eigenvalue weighted by Gasteiger charge is 2.22. The van der Waals surface area contributed by atoms with Crippen LogP contribution in [0.2, 0.25) is 0 Å². The summed E-state index contributed by atoms with van der Waals surface area (Å²) in [6, 6.07) is 9.09. The summed E-state index contributed by atoms with van der Waals surface area (Å²) in [5.41, 5.74) is 0.822. The van der Waals surface area contributed by atoms with Gasteiger partial charge in [0.05, 0.1) is 0 Å². The Balaban J connectivity index is 1.37. The molecule has 0 radical (unpaired) electrons. The monoisotopic (exact) mass is 356 g/mol. The van der Waals surface area contributed by atoms with Gasteiger partial charge in [0.2, 0.25) is 5.91 Å². The van der Waals surface area contributed by atoms with E-state index in [1.165, 1.54) is 0 Å². The largest absolute Gasteiger partial charge is 0.486 e. The van der Waals surface area contributed by atoms with Gasteiger partial charge >= 0.3 is 0 Å². The molecule has 8 nitrogen and oxygen atoms in total. The minimum Gasteiger partial charge on any atom is -0.486 e. The molecule has 1 amide bonds. The zero-order valence-electron chi connectivity index (χ0n) is 14.2. The van der Waals surface area contributed by atoms with E-state index in [9.17, 15) is 4.79 Å². The molecule has 0 saturated carbocycles. The van der Waals surface area contributed by atoms with E-state index in [-0.39, 0.29) is 11.8 Å². The van der Waals surface area contributed by atoms with Crippen molar-refractivity contribution in [3.8, 4) is 11.5 Å². The maximum atomic E-state index is 12.2. The van der Waals surface area contributed by atoms with Crippen molar-refractivity contribution in [3.05, 3.63) is 30.3 Å². The third-order valence-corrected chi connectivity index (χ3v) is 4.32. The SMILES string of the molecule is O=C(Nc1ccc(Nc2ccc3c(c2)OCCO3)nn1)C1CCOCC1. The van der Waals surface area contributed by atoms with Crippen LogP contribution in [0.4, 0.5) is 17.3 Å². The molecule has 2 aliphatic rings. The first-order chi connectivity index (χ1) is 12.8. The van der Waals surface area contributed by atoms with Gasteiger partial charge in [-0.3, -0.25) is 4.79 Å². The van der Waals surface area contributed by atoms with Crippen LogP contribution in [0, 0.1) is 5.92 Å². The van der Waals surface area contributed by atoms with Gasteiger partial charge in [-0.2, -0.15) is 0 Å². The molecule has 0 bridgehead atoms. The Morgan fingerprint density at radius 1 is 0.923 bits per heavy atom. The van der Waals surface area contributed by atoms with Crippen molar-refractivity contribution in [1.82, 2.24) is 10.2 Å². The highest BCUT2D eigenvalue weighted by atomic mass is 16.6. The number of ether oxygens (including phenoxy) is 3. The van der Waals surface area contributed by atoms with E-state index < -0.39 is 0 Å². The Bertz CT molecular complexity index is 775. The summed E-state index contributed by atoms with van der Waals surface area (Å²) in [6.07, 6.45) is 1.48. The summed E-state index contributed by atoms with van der Waals surface area (Å²) in [4.78, 5) is 12.2. The van der Waals surface area contributed by atoms with E-state index in [0.29, 0.717) is 43.8 Å². The molecule has 1 fully saturated rings.